The molecular formula is C23H32N4O3. The highest BCUT2D eigenvalue weighted by Crippen LogP contribution is 2.25. The number of ether oxygens (including phenoxy) is 2. The first-order chi connectivity index (χ1) is 14.6. The highest BCUT2D eigenvalue weighted by Gasteiger charge is 2.15. The fraction of sp³-hybridized carbons (Fsp3) is 0.435. The zero-order chi connectivity index (χ0) is 21.5. The van der Waals surface area contributed by atoms with Gasteiger partial charge in [-0.05, 0) is 37.4 Å². The normalized spacial score (nSPS) is 12.4. The third kappa shape index (κ3) is 4.86. The highest BCUT2D eigenvalue weighted by atomic mass is 16.5. The van der Waals surface area contributed by atoms with Crippen LogP contribution in [0.2, 0.25) is 0 Å². The first-order valence-electron chi connectivity index (χ1n) is 10.5. The molecule has 0 spiro atoms. The van der Waals surface area contributed by atoms with E-state index in [9.17, 15) is 5.11 Å². The van der Waals surface area contributed by atoms with Crippen LogP contribution in [-0.4, -0.2) is 58.6 Å². The monoisotopic (exact) mass is 412 g/mol. The summed E-state index contributed by atoms with van der Waals surface area (Å²) in [5, 5.41) is 19.3. The Balaban J connectivity index is 1.77. The molecule has 7 heteroatoms. The van der Waals surface area contributed by atoms with E-state index in [2.05, 4.69) is 18.7 Å². The molecule has 3 rings (SSSR count). The van der Waals surface area contributed by atoms with E-state index < -0.39 is 6.10 Å². The predicted molar refractivity (Wildman–Crippen MR) is 118 cm³/mol. The van der Waals surface area contributed by atoms with E-state index >= 15 is 0 Å². The molecule has 3 aromatic rings. The summed E-state index contributed by atoms with van der Waals surface area (Å²) in [4.78, 5) is 2.34. The van der Waals surface area contributed by atoms with Crippen LogP contribution >= 0.6 is 0 Å². The average molecular weight is 413 g/mol. The van der Waals surface area contributed by atoms with Gasteiger partial charge in [0.1, 0.15) is 12.7 Å². The molecule has 0 saturated heterocycles. The Labute approximate surface area is 177 Å². The van der Waals surface area contributed by atoms with E-state index in [1.165, 1.54) is 0 Å². The number of aromatic nitrogens is 2. The summed E-state index contributed by atoms with van der Waals surface area (Å²) in [5.41, 5.74) is 2.34. The zero-order valence-corrected chi connectivity index (χ0v) is 18.0. The summed E-state index contributed by atoms with van der Waals surface area (Å²) in [6, 6.07) is 15.3. The van der Waals surface area contributed by atoms with Gasteiger partial charge >= 0.3 is 0 Å². The molecule has 0 fully saturated rings. The molecule has 2 N–H and O–H groups in total. The molecule has 162 valence electrons. The number of hydrogen-bond donors (Lipinski definition) is 2. The second-order valence-corrected chi connectivity index (χ2v) is 7.22. The van der Waals surface area contributed by atoms with Crippen molar-refractivity contribution in [3.63, 3.8) is 0 Å². The zero-order valence-electron chi connectivity index (χ0n) is 18.0. The smallest absolute Gasteiger partial charge is 0.203 e. The fourth-order valence-electron chi connectivity index (χ4n) is 3.67. The largest absolute Gasteiger partial charge is 0.493 e. The van der Waals surface area contributed by atoms with Gasteiger partial charge in [-0.25, -0.2) is 0 Å². The number of rotatable bonds is 11. The number of methoxy groups -OCH3 is 1. The number of imidazole rings is 1. The molecule has 0 radical (unpaired) electrons. The lowest BCUT2D eigenvalue weighted by atomic mass is 10.3. The van der Waals surface area contributed by atoms with Gasteiger partial charge in [0.15, 0.2) is 11.5 Å². The van der Waals surface area contributed by atoms with Gasteiger partial charge in [0, 0.05) is 13.1 Å². The predicted octanol–water partition coefficient (Wildman–Crippen LogP) is 2.71. The van der Waals surface area contributed by atoms with E-state index in [-0.39, 0.29) is 13.2 Å². The van der Waals surface area contributed by atoms with Crippen LogP contribution in [0.4, 0.5) is 0 Å². The van der Waals surface area contributed by atoms with E-state index in [0.717, 1.165) is 37.2 Å². The lowest BCUT2D eigenvalue weighted by molar-refractivity contribution is 0.0905. The molecule has 0 unspecified atom stereocenters. The van der Waals surface area contributed by atoms with Gasteiger partial charge in [0.05, 0.1) is 24.7 Å². The van der Waals surface area contributed by atoms with Crippen LogP contribution in [-0.2, 0) is 13.1 Å². The topological polar surface area (TPSA) is 75.6 Å². The van der Waals surface area contributed by atoms with Crippen molar-refractivity contribution in [2.45, 2.75) is 33.0 Å². The van der Waals surface area contributed by atoms with Crippen LogP contribution in [0, 0.1) is 5.41 Å². The molecule has 2 aromatic carbocycles. The number of nitrogens with one attached hydrogen (secondary N) is 1. The SMILES string of the molecule is CCN(CC)CCn1c(=N)n(C[C@H](O)COc2ccccc2OC)c2ccccc21. The molecule has 1 heterocycles. The second kappa shape index (κ2) is 10.3. The molecule has 0 aliphatic carbocycles. The molecule has 0 aliphatic heterocycles. The Morgan fingerprint density at radius 1 is 0.967 bits per heavy atom. The molecule has 1 atom stereocenters. The lowest BCUT2D eigenvalue weighted by Gasteiger charge is -2.18. The maximum absolute atomic E-state index is 10.6. The number of benzene rings is 2. The molecule has 0 saturated carbocycles. The molecule has 0 amide bonds. The summed E-state index contributed by atoms with van der Waals surface area (Å²) >= 11 is 0. The van der Waals surface area contributed by atoms with Crippen molar-refractivity contribution < 1.29 is 14.6 Å². The van der Waals surface area contributed by atoms with Gasteiger partial charge in [0.25, 0.3) is 0 Å². The average Bonchev–Trinajstić information content (AvgIpc) is 3.04. The number of likely N-dealkylation sites (N-methyl/N-ethyl adjacent to an activating group) is 1. The minimum Gasteiger partial charge on any atom is -0.493 e. The summed E-state index contributed by atoms with van der Waals surface area (Å²) in [6.45, 7) is 8.30. The summed E-state index contributed by atoms with van der Waals surface area (Å²) in [5.74, 6) is 1.23. The van der Waals surface area contributed by atoms with E-state index in [4.69, 9.17) is 14.9 Å². The van der Waals surface area contributed by atoms with Gasteiger partial charge in [-0.1, -0.05) is 38.1 Å². The maximum Gasteiger partial charge on any atom is 0.203 e. The van der Waals surface area contributed by atoms with E-state index in [0.29, 0.717) is 17.1 Å². The Morgan fingerprint density at radius 2 is 1.57 bits per heavy atom. The van der Waals surface area contributed by atoms with Crippen molar-refractivity contribution >= 4 is 11.0 Å². The number of para-hydroxylation sites is 4. The highest BCUT2D eigenvalue weighted by molar-refractivity contribution is 5.75. The maximum atomic E-state index is 10.6. The van der Waals surface area contributed by atoms with Crippen LogP contribution in [0.25, 0.3) is 11.0 Å². The van der Waals surface area contributed by atoms with Crippen LogP contribution in [0.5, 0.6) is 11.5 Å². The van der Waals surface area contributed by atoms with Crippen LogP contribution < -0.4 is 15.1 Å². The Morgan fingerprint density at radius 3 is 2.20 bits per heavy atom. The Hall–Kier alpha value is -2.77. The standard InChI is InChI=1S/C23H32N4O3/c1-4-25(5-2)14-15-26-19-10-6-7-11-20(19)27(23(26)24)16-18(28)17-30-22-13-9-8-12-21(22)29-3/h6-13,18,24,28H,4-5,14-17H2,1-3H3/t18-/m0/s1. The van der Waals surface area contributed by atoms with Gasteiger partial charge in [0.2, 0.25) is 5.62 Å². The molecule has 7 nitrogen and oxygen atoms in total. The van der Waals surface area contributed by atoms with Crippen LogP contribution in [0.3, 0.4) is 0 Å². The minimum atomic E-state index is -0.758. The third-order valence-corrected chi connectivity index (χ3v) is 5.40. The molecule has 0 bridgehead atoms. The molecular weight excluding hydrogens is 380 g/mol. The molecule has 0 aliphatic rings. The number of nitrogens with zero attached hydrogens (tertiary/aromatic N) is 3. The molecule has 1 aromatic heterocycles. The van der Waals surface area contributed by atoms with Crippen molar-refractivity contribution in [1.29, 1.82) is 5.41 Å². The van der Waals surface area contributed by atoms with Crippen molar-refractivity contribution in [3.8, 4) is 11.5 Å². The summed E-state index contributed by atoms with van der Waals surface area (Å²) in [6.07, 6.45) is -0.758. The quantitative estimate of drug-likeness (QED) is 0.508. The van der Waals surface area contributed by atoms with Crippen molar-refractivity contribution in [2.75, 3.05) is 33.4 Å². The van der Waals surface area contributed by atoms with Crippen LogP contribution in [0.15, 0.2) is 48.5 Å². The van der Waals surface area contributed by atoms with E-state index in [1.807, 2.05) is 57.7 Å². The fourth-order valence-corrected chi connectivity index (χ4v) is 3.67. The first kappa shape index (κ1) is 21.9. The lowest BCUT2D eigenvalue weighted by Crippen LogP contribution is -2.34. The van der Waals surface area contributed by atoms with Gasteiger partial charge < -0.3 is 28.6 Å². The first-order valence-corrected chi connectivity index (χ1v) is 10.5. The van der Waals surface area contributed by atoms with Crippen molar-refractivity contribution in [2.24, 2.45) is 0 Å². The Kier molecular flexibility index (Phi) is 7.54. The van der Waals surface area contributed by atoms with Gasteiger partial charge in [-0.15, -0.1) is 0 Å². The number of fused-ring (bicyclic) bond motifs is 1. The van der Waals surface area contributed by atoms with E-state index in [1.54, 1.807) is 7.11 Å². The molecule has 30 heavy (non-hydrogen) atoms. The summed E-state index contributed by atoms with van der Waals surface area (Å²) < 4.78 is 14.9. The number of aliphatic hydroxyl groups excluding tert-OH is 1. The minimum absolute atomic E-state index is 0.117. The van der Waals surface area contributed by atoms with Gasteiger partial charge in [-0.2, -0.15) is 0 Å². The Bertz CT molecular complexity index is 1010. The van der Waals surface area contributed by atoms with Crippen LogP contribution in [0.1, 0.15) is 13.8 Å². The second-order valence-electron chi connectivity index (χ2n) is 7.22. The van der Waals surface area contributed by atoms with Crippen molar-refractivity contribution in [3.05, 3.63) is 54.1 Å². The summed E-state index contributed by atoms with van der Waals surface area (Å²) in [7, 11) is 1.59. The number of hydrogen-bond acceptors (Lipinski definition) is 5. The third-order valence-electron chi connectivity index (χ3n) is 5.40. The van der Waals surface area contributed by atoms with Crippen molar-refractivity contribution in [1.82, 2.24) is 14.0 Å². The number of aliphatic hydroxyl groups is 1. The van der Waals surface area contributed by atoms with Gasteiger partial charge in [-0.3, -0.25) is 5.41 Å².